The topological polar surface area (TPSA) is 0 Å². The Hall–Kier alpha value is -3.47. The van der Waals surface area contributed by atoms with E-state index in [-0.39, 0.29) is 0 Å². The molecule has 0 spiro atoms. The first-order chi connectivity index (χ1) is 22.0. The van der Waals surface area contributed by atoms with Crippen molar-refractivity contribution in [3.8, 4) is 22.3 Å². The summed E-state index contributed by atoms with van der Waals surface area (Å²) in [5.74, 6) is 0. The van der Waals surface area contributed by atoms with Crippen LogP contribution >= 0.6 is 0 Å². The molecular weight excluding hydrogens is 573 g/mol. The molecule has 0 atom stereocenters. The summed E-state index contributed by atoms with van der Waals surface area (Å²) in [6, 6.07) is 46.6. The van der Waals surface area contributed by atoms with E-state index in [1.54, 1.807) is 20.7 Å². The van der Waals surface area contributed by atoms with E-state index in [0.717, 1.165) is 0 Å². The standard InChI is InChI=1S/C19H16Si.C14H14Si.5C2H6/c1-20(15-9-3-2-4-10-15)18-13-7-5-11-16(18)17-12-6-8-14-19(17)20;1-15(2)13-9-5-3-7-11(13)12-8-4-6-10-14(12)15;5*1-2/h2-14H,1H3;3-10H,1-2H3;5*1-2H3. The minimum Gasteiger partial charge on any atom is -0.0683 e. The smallest absolute Gasteiger partial charge is 0.0683 e. The fourth-order valence-electron chi connectivity index (χ4n) is 6.21. The lowest BCUT2D eigenvalue weighted by molar-refractivity contribution is 1.50. The third kappa shape index (κ3) is 8.04. The zero-order chi connectivity index (χ0) is 34.0. The lowest BCUT2D eigenvalue weighted by atomic mass is 10.1. The van der Waals surface area contributed by atoms with Gasteiger partial charge in [0.05, 0.1) is 0 Å². The highest BCUT2D eigenvalue weighted by atomic mass is 28.3. The molecule has 45 heavy (non-hydrogen) atoms. The third-order valence-corrected chi connectivity index (χ3v) is 16.1. The Morgan fingerprint density at radius 3 is 0.867 bits per heavy atom. The van der Waals surface area contributed by atoms with E-state index in [2.05, 4.69) is 147 Å². The molecule has 240 valence electrons. The number of rotatable bonds is 1. The minimum atomic E-state index is -1.80. The van der Waals surface area contributed by atoms with Gasteiger partial charge >= 0.3 is 0 Å². The van der Waals surface area contributed by atoms with E-state index in [4.69, 9.17) is 0 Å². The predicted molar refractivity (Wildman–Crippen MR) is 214 cm³/mol. The van der Waals surface area contributed by atoms with Gasteiger partial charge in [0.15, 0.2) is 0 Å². The fourth-order valence-corrected chi connectivity index (χ4v) is 13.4. The summed E-state index contributed by atoms with van der Waals surface area (Å²) in [7, 11) is -3.19. The van der Waals surface area contributed by atoms with E-state index in [1.165, 1.54) is 27.4 Å². The monoisotopic (exact) mass is 632 g/mol. The highest BCUT2D eigenvalue weighted by Crippen LogP contribution is 2.28. The summed E-state index contributed by atoms with van der Waals surface area (Å²) in [6.45, 7) is 27.4. The molecular formula is C43H60Si2. The largest absolute Gasteiger partial charge is 0.147 e. The van der Waals surface area contributed by atoms with Crippen LogP contribution in [0.4, 0.5) is 0 Å². The lowest BCUT2D eigenvalue weighted by Gasteiger charge is -2.25. The molecule has 0 fully saturated rings. The van der Waals surface area contributed by atoms with Crippen molar-refractivity contribution in [2.24, 2.45) is 0 Å². The van der Waals surface area contributed by atoms with E-state index in [1.807, 2.05) is 69.2 Å². The van der Waals surface area contributed by atoms with Crippen molar-refractivity contribution in [2.75, 3.05) is 0 Å². The average Bonchev–Trinajstić information content (AvgIpc) is 3.55. The predicted octanol–water partition coefficient (Wildman–Crippen LogP) is 10.4. The molecule has 0 aliphatic carbocycles. The summed E-state index contributed by atoms with van der Waals surface area (Å²) >= 11 is 0. The van der Waals surface area contributed by atoms with Crippen LogP contribution in [-0.4, -0.2) is 16.1 Å². The zero-order valence-corrected chi connectivity index (χ0v) is 32.6. The Morgan fingerprint density at radius 1 is 0.289 bits per heavy atom. The van der Waals surface area contributed by atoms with Crippen molar-refractivity contribution in [1.29, 1.82) is 0 Å². The molecule has 2 aliphatic rings. The van der Waals surface area contributed by atoms with Crippen LogP contribution in [0.15, 0.2) is 127 Å². The first kappa shape index (κ1) is 39.6. The lowest BCUT2D eigenvalue weighted by Crippen LogP contribution is -2.62. The highest BCUT2D eigenvalue weighted by molar-refractivity contribution is 7.13. The molecule has 2 heteroatoms. The Balaban J connectivity index is 0.000000361. The Morgan fingerprint density at radius 2 is 0.533 bits per heavy atom. The van der Waals surface area contributed by atoms with Crippen molar-refractivity contribution in [3.05, 3.63) is 127 Å². The van der Waals surface area contributed by atoms with Gasteiger partial charge in [0.25, 0.3) is 0 Å². The summed E-state index contributed by atoms with van der Waals surface area (Å²) in [5, 5.41) is 7.77. The molecule has 0 aromatic heterocycles. The fraction of sp³-hybridized carbons (Fsp3) is 0.302. The number of benzene rings is 5. The number of hydrogen-bond acceptors (Lipinski definition) is 0. The first-order valence-corrected chi connectivity index (χ1v) is 23.0. The van der Waals surface area contributed by atoms with Crippen LogP contribution in [0.2, 0.25) is 19.6 Å². The SMILES string of the molecule is CC.CC.CC.CC.CC.C[Si]1(C)c2ccccc2-c2ccccc21.C[Si]1(c2ccccc2)c2ccccc2-c2ccccc21. The van der Waals surface area contributed by atoms with E-state index in [0.29, 0.717) is 0 Å². The molecule has 7 rings (SSSR count). The molecule has 2 aliphatic heterocycles. The molecule has 0 N–H and O–H groups in total. The van der Waals surface area contributed by atoms with Crippen LogP contribution < -0.4 is 25.9 Å². The Bertz CT molecular complexity index is 1440. The Kier molecular flexibility index (Phi) is 17.4. The summed E-state index contributed by atoms with van der Waals surface area (Å²) < 4.78 is 0. The van der Waals surface area contributed by atoms with Crippen LogP contribution in [-0.2, 0) is 0 Å². The van der Waals surface area contributed by atoms with Crippen LogP contribution in [0.3, 0.4) is 0 Å². The van der Waals surface area contributed by atoms with Gasteiger partial charge in [0, 0.05) is 0 Å². The number of fused-ring (bicyclic) bond motifs is 6. The van der Waals surface area contributed by atoms with Gasteiger partial charge in [-0.15, -0.1) is 0 Å². The molecule has 0 nitrogen and oxygen atoms in total. The van der Waals surface area contributed by atoms with Gasteiger partial charge in [-0.3, -0.25) is 0 Å². The van der Waals surface area contributed by atoms with Gasteiger partial charge in [-0.2, -0.15) is 0 Å². The molecule has 5 aromatic rings. The molecule has 0 radical (unpaired) electrons. The number of hydrogen-bond donors (Lipinski definition) is 0. The van der Waals surface area contributed by atoms with E-state index in [9.17, 15) is 0 Å². The van der Waals surface area contributed by atoms with Gasteiger partial charge in [0.1, 0.15) is 16.1 Å². The van der Waals surface area contributed by atoms with Gasteiger partial charge in [-0.05, 0) is 48.2 Å². The second kappa shape index (κ2) is 19.8. The third-order valence-electron chi connectivity index (χ3n) is 8.06. The van der Waals surface area contributed by atoms with Gasteiger partial charge in [-0.25, -0.2) is 0 Å². The molecule has 0 bridgehead atoms. The van der Waals surface area contributed by atoms with Crippen molar-refractivity contribution in [3.63, 3.8) is 0 Å². The molecule has 5 aromatic carbocycles. The van der Waals surface area contributed by atoms with Crippen molar-refractivity contribution in [2.45, 2.75) is 88.9 Å². The van der Waals surface area contributed by atoms with Crippen LogP contribution in [0, 0.1) is 0 Å². The maximum atomic E-state index is 2.48. The molecule has 0 unspecified atom stereocenters. The van der Waals surface area contributed by atoms with Crippen LogP contribution in [0.1, 0.15) is 69.2 Å². The van der Waals surface area contributed by atoms with Crippen LogP contribution in [0.5, 0.6) is 0 Å². The maximum absolute atomic E-state index is 2.48. The van der Waals surface area contributed by atoms with Gasteiger partial charge in [-0.1, -0.05) is 216 Å². The normalized spacial score (nSPS) is 12.5. The summed E-state index contributed by atoms with van der Waals surface area (Å²) in [6.07, 6.45) is 0. The second-order valence-electron chi connectivity index (χ2n) is 10.3. The van der Waals surface area contributed by atoms with Crippen molar-refractivity contribution in [1.82, 2.24) is 0 Å². The van der Waals surface area contributed by atoms with Gasteiger partial charge < -0.3 is 0 Å². The molecule has 2 heterocycles. The highest BCUT2D eigenvalue weighted by Gasteiger charge is 2.42. The van der Waals surface area contributed by atoms with Crippen molar-refractivity contribution >= 4 is 42.1 Å². The maximum Gasteiger partial charge on any atom is 0.147 e. The Labute approximate surface area is 279 Å². The summed E-state index contributed by atoms with van der Waals surface area (Å²) in [5.41, 5.74) is 5.79. The van der Waals surface area contributed by atoms with E-state index >= 15 is 0 Å². The molecule has 0 amide bonds. The second-order valence-corrected chi connectivity index (χ2v) is 18.5. The zero-order valence-electron chi connectivity index (χ0n) is 30.6. The average molecular weight is 633 g/mol. The first-order valence-electron chi connectivity index (χ1n) is 17.5. The van der Waals surface area contributed by atoms with Crippen LogP contribution in [0.25, 0.3) is 22.3 Å². The minimum absolute atomic E-state index is 1.38. The van der Waals surface area contributed by atoms with Gasteiger partial charge in [0.2, 0.25) is 0 Å². The molecule has 0 saturated carbocycles. The van der Waals surface area contributed by atoms with Crippen molar-refractivity contribution < 1.29 is 0 Å². The van der Waals surface area contributed by atoms with E-state index < -0.39 is 16.1 Å². The quantitative estimate of drug-likeness (QED) is 0.161. The summed E-state index contributed by atoms with van der Waals surface area (Å²) in [4.78, 5) is 0. The molecule has 0 saturated heterocycles.